The molecule has 8 nitrogen and oxygen atoms in total. The summed E-state index contributed by atoms with van der Waals surface area (Å²) in [5, 5.41) is 20.3. The van der Waals surface area contributed by atoms with Crippen molar-refractivity contribution in [3.8, 4) is 29.0 Å². The largest absolute Gasteiger partial charge is 0.483 e. The molecular weight excluding hydrogens is 432 g/mol. The third-order valence-electron chi connectivity index (χ3n) is 5.80. The van der Waals surface area contributed by atoms with Crippen molar-refractivity contribution < 1.29 is 23.0 Å². The molecule has 0 aliphatic carbocycles. The summed E-state index contributed by atoms with van der Waals surface area (Å²) in [5.41, 5.74) is 0.105. The van der Waals surface area contributed by atoms with Gasteiger partial charge in [0, 0.05) is 24.0 Å². The Morgan fingerprint density at radius 3 is 2.73 bits per heavy atom. The molecular formula is C23H27F2N5O3. The Morgan fingerprint density at radius 2 is 2.09 bits per heavy atom. The van der Waals surface area contributed by atoms with Gasteiger partial charge in [-0.3, -0.25) is 5.41 Å². The molecule has 1 fully saturated rings. The molecule has 2 atom stereocenters. The number of benzene rings is 1. The molecule has 2 aromatic rings. The second-order valence-corrected chi connectivity index (χ2v) is 8.29. The third kappa shape index (κ3) is 5.20. The fraction of sp³-hybridized carbons (Fsp3) is 0.478. The number of aromatic nitrogens is 2. The van der Waals surface area contributed by atoms with E-state index in [1.165, 1.54) is 25.6 Å². The first kappa shape index (κ1) is 24.3. The maximum Gasteiger partial charge on any atom is 0.296 e. The molecule has 0 amide bonds. The van der Waals surface area contributed by atoms with Crippen LogP contribution in [0.2, 0.25) is 0 Å². The molecule has 1 aliphatic heterocycles. The highest BCUT2D eigenvalue weighted by Gasteiger charge is 2.43. The summed E-state index contributed by atoms with van der Waals surface area (Å²) in [6, 6.07) is 8.25. The number of nitrogens with one attached hydrogen (secondary N) is 2. The van der Waals surface area contributed by atoms with Crippen LogP contribution in [-0.2, 0) is 4.74 Å². The maximum absolute atomic E-state index is 14.1. The number of nitrogens with zero attached hydrogens (tertiary/aromatic N) is 3. The lowest BCUT2D eigenvalue weighted by molar-refractivity contribution is -0.109. The summed E-state index contributed by atoms with van der Waals surface area (Å²) >= 11 is 0. The topological polar surface area (TPSA) is 113 Å². The quantitative estimate of drug-likeness (QED) is 0.478. The van der Waals surface area contributed by atoms with Crippen molar-refractivity contribution in [2.45, 2.75) is 44.8 Å². The molecule has 0 saturated carbocycles. The lowest BCUT2D eigenvalue weighted by atomic mass is 9.92. The maximum atomic E-state index is 14.1. The van der Waals surface area contributed by atoms with Crippen LogP contribution < -0.4 is 14.8 Å². The van der Waals surface area contributed by atoms with Gasteiger partial charge < -0.3 is 19.5 Å². The molecule has 0 bridgehead atoms. The van der Waals surface area contributed by atoms with E-state index < -0.39 is 24.2 Å². The SMILES string of the molecule is COC(=N)C(C)(Oc1cc(-c2ccc(OC3CCNCC3(F)F)c(C#N)c2)ncn1)C(C)C. The van der Waals surface area contributed by atoms with Gasteiger partial charge in [0.15, 0.2) is 11.7 Å². The number of hydrogen-bond acceptors (Lipinski definition) is 8. The van der Waals surface area contributed by atoms with E-state index in [0.717, 1.165) is 0 Å². The highest BCUT2D eigenvalue weighted by atomic mass is 19.3. The van der Waals surface area contributed by atoms with Gasteiger partial charge in [-0.1, -0.05) is 13.8 Å². The second-order valence-electron chi connectivity index (χ2n) is 8.29. The van der Waals surface area contributed by atoms with Crippen LogP contribution in [0.15, 0.2) is 30.6 Å². The number of ether oxygens (including phenoxy) is 3. The Labute approximate surface area is 191 Å². The van der Waals surface area contributed by atoms with E-state index in [1.807, 2.05) is 19.9 Å². The Balaban J connectivity index is 1.87. The monoisotopic (exact) mass is 459 g/mol. The zero-order chi connectivity index (χ0) is 24.2. The zero-order valence-electron chi connectivity index (χ0n) is 19.0. The van der Waals surface area contributed by atoms with Crippen molar-refractivity contribution in [1.29, 1.82) is 10.7 Å². The van der Waals surface area contributed by atoms with Gasteiger partial charge in [-0.05, 0) is 31.7 Å². The number of alkyl halides is 2. The molecule has 1 aromatic heterocycles. The summed E-state index contributed by atoms with van der Waals surface area (Å²) in [6.07, 6.45) is 0.145. The van der Waals surface area contributed by atoms with Gasteiger partial charge in [-0.15, -0.1) is 0 Å². The van der Waals surface area contributed by atoms with Gasteiger partial charge in [-0.25, -0.2) is 18.7 Å². The van der Waals surface area contributed by atoms with Crippen molar-refractivity contribution in [2.75, 3.05) is 20.2 Å². The van der Waals surface area contributed by atoms with Crippen molar-refractivity contribution in [3.05, 3.63) is 36.2 Å². The molecule has 2 N–H and O–H groups in total. The van der Waals surface area contributed by atoms with E-state index in [0.29, 0.717) is 17.8 Å². The normalized spacial score (nSPS) is 19.3. The predicted octanol–water partition coefficient (Wildman–Crippen LogP) is 3.81. The van der Waals surface area contributed by atoms with Crippen LogP contribution in [0.1, 0.15) is 32.8 Å². The predicted molar refractivity (Wildman–Crippen MR) is 118 cm³/mol. The lowest BCUT2D eigenvalue weighted by Gasteiger charge is -2.33. The fourth-order valence-corrected chi connectivity index (χ4v) is 3.39. The second kappa shape index (κ2) is 9.67. The van der Waals surface area contributed by atoms with Crippen LogP contribution in [0.5, 0.6) is 11.6 Å². The van der Waals surface area contributed by atoms with Crippen LogP contribution in [-0.4, -0.2) is 53.7 Å². The molecule has 0 spiro atoms. The number of methoxy groups -OCH3 is 1. The third-order valence-corrected chi connectivity index (χ3v) is 5.80. The van der Waals surface area contributed by atoms with Crippen LogP contribution in [0.4, 0.5) is 8.78 Å². The van der Waals surface area contributed by atoms with E-state index in [2.05, 4.69) is 15.3 Å². The molecule has 1 saturated heterocycles. The lowest BCUT2D eigenvalue weighted by Crippen LogP contribution is -2.52. The van der Waals surface area contributed by atoms with E-state index in [4.69, 9.17) is 19.6 Å². The summed E-state index contributed by atoms with van der Waals surface area (Å²) < 4.78 is 44.9. The van der Waals surface area contributed by atoms with E-state index >= 15 is 0 Å². The van der Waals surface area contributed by atoms with Crippen LogP contribution in [0, 0.1) is 22.7 Å². The minimum atomic E-state index is -3.03. The van der Waals surface area contributed by atoms with Gasteiger partial charge in [0.05, 0.1) is 24.9 Å². The molecule has 2 unspecified atom stereocenters. The van der Waals surface area contributed by atoms with Crippen LogP contribution >= 0.6 is 0 Å². The zero-order valence-corrected chi connectivity index (χ0v) is 19.0. The Bertz CT molecular complexity index is 1060. The molecule has 1 aromatic carbocycles. The van der Waals surface area contributed by atoms with E-state index in [-0.39, 0.29) is 35.4 Å². The summed E-state index contributed by atoms with van der Waals surface area (Å²) in [7, 11) is 1.41. The van der Waals surface area contributed by atoms with Crippen LogP contribution in [0.3, 0.4) is 0 Å². The number of halogens is 2. The molecule has 33 heavy (non-hydrogen) atoms. The van der Waals surface area contributed by atoms with Crippen LogP contribution in [0.25, 0.3) is 11.3 Å². The highest BCUT2D eigenvalue weighted by molar-refractivity contribution is 5.82. The van der Waals surface area contributed by atoms with Gasteiger partial charge >= 0.3 is 0 Å². The number of nitriles is 1. The van der Waals surface area contributed by atoms with Gasteiger partial charge in [0.1, 0.15) is 18.1 Å². The standard InChI is InChI=1S/C23H27F2N5O3/c1-14(2)22(3,21(27)31-4)33-20-10-17(29-13-30-20)15-5-6-18(16(9-15)11-26)32-19-7-8-28-12-23(19,24)25/h5-6,9-10,13-14,19,27-28H,7-8,12H2,1-4H3. The average molecular weight is 459 g/mol. The first-order valence-corrected chi connectivity index (χ1v) is 10.5. The van der Waals surface area contributed by atoms with Crippen molar-refractivity contribution >= 4 is 5.90 Å². The van der Waals surface area contributed by atoms with Gasteiger partial charge in [-0.2, -0.15) is 5.26 Å². The molecule has 10 heteroatoms. The minimum Gasteiger partial charge on any atom is -0.483 e. The first-order chi connectivity index (χ1) is 15.6. The molecule has 3 rings (SSSR count). The van der Waals surface area contributed by atoms with Crippen molar-refractivity contribution in [1.82, 2.24) is 15.3 Å². The Morgan fingerprint density at radius 1 is 1.33 bits per heavy atom. The van der Waals surface area contributed by atoms with E-state index in [9.17, 15) is 14.0 Å². The fourth-order valence-electron chi connectivity index (χ4n) is 3.39. The summed E-state index contributed by atoms with van der Waals surface area (Å²) in [6.45, 7) is 5.50. The average Bonchev–Trinajstić information content (AvgIpc) is 2.79. The first-order valence-electron chi connectivity index (χ1n) is 10.5. The Hall–Kier alpha value is -3.32. The molecule has 176 valence electrons. The highest BCUT2D eigenvalue weighted by Crippen LogP contribution is 2.33. The van der Waals surface area contributed by atoms with E-state index in [1.54, 1.807) is 19.1 Å². The van der Waals surface area contributed by atoms with Crippen molar-refractivity contribution in [2.24, 2.45) is 5.92 Å². The summed E-state index contributed by atoms with van der Waals surface area (Å²) in [4.78, 5) is 8.38. The molecule has 1 aliphatic rings. The number of hydrogen-bond donors (Lipinski definition) is 2. The number of piperidine rings is 1. The molecule has 0 radical (unpaired) electrons. The molecule has 2 heterocycles. The van der Waals surface area contributed by atoms with Crippen molar-refractivity contribution in [3.63, 3.8) is 0 Å². The van der Waals surface area contributed by atoms with Gasteiger partial charge in [0.25, 0.3) is 5.92 Å². The Kier molecular flexibility index (Phi) is 7.12. The number of rotatable bonds is 7. The minimum absolute atomic E-state index is 0.0411. The smallest absolute Gasteiger partial charge is 0.296 e. The van der Waals surface area contributed by atoms with Gasteiger partial charge in [0.2, 0.25) is 11.8 Å². The summed E-state index contributed by atoms with van der Waals surface area (Å²) in [5.74, 6) is -2.83.